The minimum Gasteiger partial charge on any atom is -0.493 e. The summed E-state index contributed by atoms with van der Waals surface area (Å²) in [7, 11) is 1.54. The van der Waals surface area contributed by atoms with Crippen molar-refractivity contribution in [3.8, 4) is 17.6 Å². The summed E-state index contributed by atoms with van der Waals surface area (Å²) >= 11 is 1.60. The highest BCUT2D eigenvalue weighted by Crippen LogP contribution is 2.52. The van der Waals surface area contributed by atoms with E-state index in [1.54, 1.807) is 50.6 Å². The van der Waals surface area contributed by atoms with Crippen molar-refractivity contribution in [1.82, 2.24) is 0 Å². The Morgan fingerprint density at radius 1 is 1.35 bits per heavy atom. The molecule has 0 aliphatic carbocycles. The number of nitrogens with zero attached hydrogens (tertiary/aromatic N) is 3. The first-order chi connectivity index (χ1) is 15.0. The number of hydrogen-bond donors (Lipinski definition) is 0. The van der Waals surface area contributed by atoms with Crippen LogP contribution in [0.3, 0.4) is 0 Å². The summed E-state index contributed by atoms with van der Waals surface area (Å²) in [5, 5.41) is 11.7. The summed E-state index contributed by atoms with van der Waals surface area (Å²) in [6, 6.07) is 7.74. The smallest absolute Gasteiger partial charge is 0.344 e. The maximum Gasteiger partial charge on any atom is 0.344 e. The molecule has 2 bridgehead atoms. The molecule has 31 heavy (non-hydrogen) atoms. The first-order valence-corrected chi connectivity index (χ1v) is 11.2. The van der Waals surface area contributed by atoms with E-state index >= 15 is 0 Å². The average molecular weight is 440 g/mol. The monoisotopic (exact) mass is 439 g/mol. The maximum absolute atomic E-state index is 11.7. The lowest BCUT2D eigenvalue weighted by molar-refractivity contribution is -0.149. The van der Waals surface area contributed by atoms with E-state index in [2.05, 4.69) is 16.0 Å². The van der Waals surface area contributed by atoms with Crippen molar-refractivity contribution in [3.05, 3.63) is 34.9 Å². The average Bonchev–Trinajstić information content (AvgIpc) is 3.17. The molecule has 1 aromatic carbocycles. The largest absolute Gasteiger partial charge is 0.493 e. The van der Waals surface area contributed by atoms with E-state index < -0.39 is 5.97 Å². The van der Waals surface area contributed by atoms with E-state index in [0.717, 1.165) is 36.5 Å². The second kappa shape index (κ2) is 8.98. The number of carbonyl (C=O) groups excluding carboxylic acids is 1. The van der Waals surface area contributed by atoms with Crippen molar-refractivity contribution in [2.75, 3.05) is 31.7 Å². The van der Waals surface area contributed by atoms with Crippen molar-refractivity contribution < 1.29 is 19.0 Å². The highest BCUT2D eigenvalue weighted by molar-refractivity contribution is 7.20. The number of hydrogen-bond acceptors (Lipinski definition) is 8. The molecule has 0 N–H and O–H groups in total. The molecule has 3 aliphatic heterocycles. The zero-order valence-electron chi connectivity index (χ0n) is 17.9. The Balaban J connectivity index is 1.52. The lowest BCUT2D eigenvalue weighted by Crippen LogP contribution is -2.37. The molecule has 1 aromatic heterocycles. The Hall–Kier alpha value is -3.05. The van der Waals surface area contributed by atoms with Crippen LogP contribution in [0, 0.1) is 11.3 Å². The number of ether oxygens (including phenoxy) is 3. The molecule has 0 amide bonds. The summed E-state index contributed by atoms with van der Waals surface area (Å²) in [6.45, 7) is 5.52. The van der Waals surface area contributed by atoms with Crippen molar-refractivity contribution in [2.45, 2.75) is 38.7 Å². The van der Waals surface area contributed by atoms with Gasteiger partial charge >= 0.3 is 5.97 Å². The quantitative estimate of drug-likeness (QED) is 0.469. The molecule has 0 radical (unpaired) electrons. The number of nitriles is 1. The minimum atomic E-state index is -0.432. The van der Waals surface area contributed by atoms with Crippen LogP contribution in [0.5, 0.6) is 11.5 Å². The number of anilines is 1. The Labute approximate surface area is 185 Å². The van der Waals surface area contributed by atoms with Gasteiger partial charge < -0.3 is 19.1 Å². The number of esters is 1. The van der Waals surface area contributed by atoms with Crippen LogP contribution in [-0.2, 0) is 9.53 Å². The summed E-state index contributed by atoms with van der Waals surface area (Å²) < 4.78 is 16.0. The molecular weight excluding hydrogens is 414 g/mol. The van der Waals surface area contributed by atoms with Gasteiger partial charge in [-0.05, 0) is 56.4 Å². The number of aliphatic imine (C=N–C) groups is 1. The summed E-state index contributed by atoms with van der Waals surface area (Å²) in [4.78, 5) is 18.7. The van der Waals surface area contributed by atoms with Gasteiger partial charge in [0.25, 0.3) is 0 Å². The predicted octanol–water partition coefficient (Wildman–Crippen LogP) is 4.41. The van der Waals surface area contributed by atoms with E-state index in [0.29, 0.717) is 23.0 Å². The highest BCUT2D eigenvalue weighted by atomic mass is 32.1. The third kappa shape index (κ3) is 4.37. The van der Waals surface area contributed by atoms with Gasteiger partial charge in [-0.15, -0.1) is 0 Å². The Bertz CT molecular complexity index is 1050. The molecule has 4 heterocycles. The van der Waals surface area contributed by atoms with Gasteiger partial charge in [-0.3, -0.25) is 0 Å². The molecule has 1 saturated heterocycles. The van der Waals surface area contributed by atoms with Gasteiger partial charge in [0.2, 0.25) is 0 Å². The number of thiophene rings is 1. The number of piperidine rings is 1. The van der Waals surface area contributed by atoms with Crippen LogP contribution >= 0.6 is 11.3 Å². The first kappa shape index (κ1) is 21.2. The van der Waals surface area contributed by atoms with E-state index in [1.807, 2.05) is 6.07 Å². The second-order valence-corrected chi connectivity index (χ2v) is 8.85. The predicted molar refractivity (Wildman–Crippen MR) is 120 cm³/mol. The van der Waals surface area contributed by atoms with Crippen molar-refractivity contribution >= 4 is 33.5 Å². The van der Waals surface area contributed by atoms with Crippen LogP contribution < -0.4 is 14.4 Å². The zero-order chi connectivity index (χ0) is 22.0. The number of benzene rings is 1. The molecule has 8 heteroatoms. The molecule has 162 valence electrons. The van der Waals surface area contributed by atoms with Gasteiger partial charge in [-0.25, -0.2) is 9.79 Å². The van der Waals surface area contributed by atoms with Gasteiger partial charge in [0, 0.05) is 24.9 Å². The molecule has 2 aromatic rings. The Kier molecular flexibility index (Phi) is 6.14. The zero-order valence-corrected chi connectivity index (χ0v) is 18.7. The Morgan fingerprint density at radius 3 is 2.81 bits per heavy atom. The SMILES string of the molecule is COc1cc(C=Nc2sc3c(c2C#N)C2CCN3CC2)ccc1OCC(=O)OC(C)C. The van der Waals surface area contributed by atoms with Gasteiger partial charge in [-0.1, -0.05) is 11.3 Å². The fraction of sp³-hybridized carbons (Fsp3) is 0.435. The van der Waals surface area contributed by atoms with Crippen LogP contribution in [0.4, 0.5) is 10.0 Å². The fourth-order valence-electron chi connectivity index (χ4n) is 4.05. The normalized spacial score (nSPS) is 15.3. The third-order valence-electron chi connectivity index (χ3n) is 5.44. The minimum absolute atomic E-state index is 0.189. The van der Waals surface area contributed by atoms with Gasteiger partial charge in [0.1, 0.15) is 11.1 Å². The molecule has 0 saturated carbocycles. The lowest BCUT2D eigenvalue weighted by Gasteiger charge is -2.39. The van der Waals surface area contributed by atoms with Crippen molar-refractivity contribution in [2.24, 2.45) is 4.99 Å². The molecule has 0 atom stereocenters. The van der Waals surface area contributed by atoms with Crippen LogP contribution in [-0.4, -0.2) is 45.1 Å². The van der Waals surface area contributed by atoms with E-state index in [4.69, 9.17) is 14.2 Å². The van der Waals surface area contributed by atoms with Crippen LogP contribution in [0.25, 0.3) is 0 Å². The van der Waals surface area contributed by atoms with E-state index in [1.165, 1.54) is 10.6 Å². The highest BCUT2D eigenvalue weighted by Gasteiger charge is 2.36. The topological polar surface area (TPSA) is 84.1 Å². The van der Waals surface area contributed by atoms with E-state index in [-0.39, 0.29) is 12.7 Å². The van der Waals surface area contributed by atoms with Gasteiger partial charge in [0.15, 0.2) is 18.1 Å². The number of rotatable bonds is 7. The van der Waals surface area contributed by atoms with Crippen LogP contribution in [0.15, 0.2) is 23.2 Å². The number of fused-ring (bicyclic) bond motifs is 2. The molecule has 3 aliphatic rings. The van der Waals surface area contributed by atoms with Crippen LogP contribution in [0.2, 0.25) is 0 Å². The Morgan fingerprint density at radius 2 is 2.13 bits per heavy atom. The second-order valence-electron chi connectivity index (χ2n) is 7.87. The number of methoxy groups -OCH3 is 1. The molecule has 0 unspecified atom stereocenters. The molecule has 5 rings (SSSR count). The molecule has 1 fully saturated rings. The maximum atomic E-state index is 11.7. The van der Waals surface area contributed by atoms with Crippen molar-refractivity contribution in [1.29, 1.82) is 5.26 Å². The van der Waals surface area contributed by atoms with Gasteiger partial charge in [0.05, 0.1) is 23.8 Å². The summed E-state index contributed by atoms with van der Waals surface area (Å²) in [5.41, 5.74) is 2.71. The molecule has 0 spiro atoms. The van der Waals surface area contributed by atoms with Crippen molar-refractivity contribution in [3.63, 3.8) is 0 Å². The van der Waals surface area contributed by atoms with Gasteiger partial charge in [-0.2, -0.15) is 5.26 Å². The molecular formula is C23H25N3O4S. The standard InChI is InChI=1S/C23H25N3O4S/c1-14(2)30-20(27)13-29-18-5-4-15(10-19(18)28-3)12-25-22-17(11-24)21-16-6-8-26(9-7-16)23(21)31-22/h4-5,10,12,14,16H,6-9,13H2,1-3H3. The summed E-state index contributed by atoms with van der Waals surface area (Å²) in [6.07, 6.45) is 3.77. The van der Waals surface area contributed by atoms with Crippen LogP contribution in [0.1, 0.15) is 49.3 Å². The molecule has 7 nitrogen and oxygen atoms in total. The third-order valence-corrected chi connectivity index (χ3v) is 6.61. The number of carbonyl (C=O) groups is 1. The fourth-order valence-corrected chi connectivity index (χ4v) is 5.29. The summed E-state index contributed by atoms with van der Waals surface area (Å²) in [5.74, 6) is 0.998. The first-order valence-electron chi connectivity index (χ1n) is 10.4. The van der Waals surface area contributed by atoms with E-state index in [9.17, 15) is 10.1 Å². The lowest BCUT2D eigenvalue weighted by atomic mass is 9.84.